The smallest absolute Gasteiger partial charge is 0.161 e. The number of nitrogens with one attached hydrogen (secondary N) is 1. The molecule has 0 amide bonds. The van der Waals surface area contributed by atoms with Crippen molar-refractivity contribution in [3.05, 3.63) is 29.6 Å². The van der Waals surface area contributed by atoms with Crippen LogP contribution in [0.25, 0.3) is 11.0 Å². The summed E-state index contributed by atoms with van der Waals surface area (Å²) in [4.78, 5) is 4.39. The molecule has 20 heavy (non-hydrogen) atoms. The molecular formula is C14H17F2N3O. The van der Waals surface area contributed by atoms with Gasteiger partial charge in [0.2, 0.25) is 0 Å². The molecule has 108 valence electrons. The molecule has 1 aliphatic heterocycles. The summed E-state index contributed by atoms with van der Waals surface area (Å²) in [5, 5.41) is 3.30. The Morgan fingerprint density at radius 3 is 2.70 bits per heavy atom. The van der Waals surface area contributed by atoms with Crippen LogP contribution in [0.3, 0.4) is 0 Å². The molecule has 1 fully saturated rings. The van der Waals surface area contributed by atoms with E-state index in [0.717, 1.165) is 37.8 Å². The average Bonchev–Trinajstić information content (AvgIpc) is 2.78. The first-order valence-corrected chi connectivity index (χ1v) is 6.76. The molecule has 0 saturated carbocycles. The lowest BCUT2D eigenvalue weighted by molar-refractivity contribution is 0.171. The van der Waals surface area contributed by atoms with E-state index in [1.807, 2.05) is 4.57 Å². The molecule has 0 bridgehead atoms. The van der Waals surface area contributed by atoms with Gasteiger partial charge in [0.1, 0.15) is 12.4 Å². The van der Waals surface area contributed by atoms with Crippen LogP contribution in [-0.2, 0) is 11.3 Å². The number of imidazole rings is 1. The molecule has 0 atom stereocenters. The van der Waals surface area contributed by atoms with Crippen LogP contribution < -0.4 is 5.32 Å². The number of benzene rings is 1. The third-order valence-electron chi connectivity index (χ3n) is 3.75. The standard InChI is InChI=1S/C14H17F2N3O/c1-20-8-14-18-12-6-10(15)11(16)7-13(12)19(14)9-2-4-17-5-3-9/h6-7,9,17H,2-5,8H2,1H3. The predicted octanol–water partition coefficient (Wildman–Crippen LogP) is 2.39. The summed E-state index contributed by atoms with van der Waals surface area (Å²) in [5.74, 6) is -0.979. The zero-order valence-electron chi connectivity index (χ0n) is 11.3. The number of hydrogen-bond donors (Lipinski definition) is 1. The van der Waals surface area contributed by atoms with Crippen molar-refractivity contribution in [2.45, 2.75) is 25.5 Å². The van der Waals surface area contributed by atoms with Crippen molar-refractivity contribution >= 4 is 11.0 Å². The Hall–Kier alpha value is -1.53. The monoisotopic (exact) mass is 281 g/mol. The maximum absolute atomic E-state index is 13.5. The van der Waals surface area contributed by atoms with Gasteiger partial charge in [-0.1, -0.05) is 0 Å². The summed E-state index contributed by atoms with van der Waals surface area (Å²) in [6, 6.07) is 2.64. The Morgan fingerprint density at radius 2 is 2.00 bits per heavy atom. The van der Waals surface area contributed by atoms with E-state index in [-0.39, 0.29) is 6.04 Å². The molecule has 2 aromatic rings. The van der Waals surface area contributed by atoms with Crippen LogP contribution in [0.5, 0.6) is 0 Å². The number of halogens is 2. The Labute approximate surface area is 115 Å². The third-order valence-corrected chi connectivity index (χ3v) is 3.75. The molecule has 0 spiro atoms. The van der Waals surface area contributed by atoms with Gasteiger partial charge >= 0.3 is 0 Å². The average molecular weight is 281 g/mol. The molecular weight excluding hydrogens is 264 g/mol. The number of nitrogens with zero attached hydrogens (tertiary/aromatic N) is 2. The van der Waals surface area contributed by atoms with Crippen LogP contribution in [0.1, 0.15) is 24.7 Å². The van der Waals surface area contributed by atoms with E-state index < -0.39 is 11.6 Å². The first-order valence-electron chi connectivity index (χ1n) is 6.76. The molecule has 4 nitrogen and oxygen atoms in total. The number of ether oxygens (including phenoxy) is 1. The molecule has 1 N–H and O–H groups in total. The molecule has 0 aliphatic carbocycles. The van der Waals surface area contributed by atoms with Gasteiger partial charge in [-0.3, -0.25) is 0 Å². The lowest BCUT2D eigenvalue weighted by Crippen LogP contribution is -2.30. The zero-order valence-corrected chi connectivity index (χ0v) is 11.3. The fourth-order valence-corrected chi connectivity index (χ4v) is 2.84. The highest BCUT2D eigenvalue weighted by Gasteiger charge is 2.22. The second-order valence-electron chi connectivity index (χ2n) is 5.07. The number of rotatable bonds is 3. The van der Waals surface area contributed by atoms with Crippen LogP contribution in [0.2, 0.25) is 0 Å². The van der Waals surface area contributed by atoms with Crippen molar-refractivity contribution in [1.82, 2.24) is 14.9 Å². The number of piperidine rings is 1. The quantitative estimate of drug-likeness (QED) is 0.939. The summed E-state index contributed by atoms with van der Waals surface area (Å²) in [6.07, 6.45) is 1.89. The summed E-state index contributed by atoms with van der Waals surface area (Å²) in [7, 11) is 1.59. The van der Waals surface area contributed by atoms with Crippen molar-refractivity contribution in [1.29, 1.82) is 0 Å². The SMILES string of the molecule is COCc1nc2cc(F)c(F)cc2n1C1CCNCC1. The van der Waals surface area contributed by atoms with Gasteiger partial charge < -0.3 is 14.6 Å². The molecule has 2 heterocycles. The van der Waals surface area contributed by atoms with Gasteiger partial charge in [0.15, 0.2) is 11.6 Å². The highest BCUT2D eigenvalue weighted by atomic mass is 19.2. The highest BCUT2D eigenvalue weighted by Crippen LogP contribution is 2.28. The van der Waals surface area contributed by atoms with Gasteiger partial charge in [-0.05, 0) is 25.9 Å². The molecule has 3 rings (SSSR count). The molecule has 0 unspecified atom stereocenters. The Bertz CT molecular complexity index is 620. The van der Waals surface area contributed by atoms with Crippen LogP contribution in [0.15, 0.2) is 12.1 Å². The van der Waals surface area contributed by atoms with Crippen molar-refractivity contribution in [3.63, 3.8) is 0 Å². The number of hydrogen-bond acceptors (Lipinski definition) is 3. The summed E-state index contributed by atoms with van der Waals surface area (Å²) in [6.45, 7) is 2.17. The van der Waals surface area contributed by atoms with E-state index in [9.17, 15) is 8.78 Å². The minimum atomic E-state index is -0.864. The molecule has 1 aromatic carbocycles. The first kappa shape index (κ1) is 13.5. The Morgan fingerprint density at radius 1 is 1.30 bits per heavy atom. The molecule has 1 aromatic heterocycles. The van der Waals surface area contributed by atoms with Gasteiger partial charge in [0.25, 0.3) is 0 Å². The normalized spacial score (nSPS) is 16.9. The largest absolute Gasteiger partial charge is 0.377 e. The van der Waals surface area contributed by atoms with Gasteiger partial charge in [0.05, 0.1) is 11.0 Å². The van der Waals surface area contributed by atoms with E-state index in [2.05, 4.69) is 10.3 Å². The third kappa shape index (κ3) is 2.29. The lowest BCUT2D eigenvalue weighted by Gasteiger charge is -2.26. The van der Waals surface area contributed by atoms with Crippen LogP contribution in [0.4, 0.5) is 8.78 Å². The summed E-state index contributed by atoms with van der Waals surface area (Å²) >= 11 is 0. The minimum absolute atomic E-state index is 0.247. The number of methoxy groups -OCH3 is 1. The van der Waals surface area contributed by atoms with E-state index in [1.165, 1.54) is 6.07 Å². The van der Waals surface area contributed by atoms with E-state index >= 15 is 0 Å². The number of fused-ring (bicyclic) bond motifs is 1. The van der Waals surface area contributed by atoms with Crippen LogP contribution in [-0.4, -0.2) is 29.8 Å². The predicted molar refractivity (Wildman–Crippen MR) is 71.5 cm³/mol. The van der Waals surface area contributed by atoms with Crippen molar-refractivity contribution in [3.8, 4) is 0 Å². The second kappa shape index (κ2) is 5.46. The van der Waals surface area contributed by atoms with Crippen LogP contribution >= 0.6 is 0 Å². The van der Waals surface area contributed by atoms with Gasteiger partial charge in [-0.2, -0.15) is 0 Å². The highest BCUT2D eigenvalue weighted by molar-refractivity contribution is 5.76. The fourth-order valence-electron chi connectivity index (χ4n) is 2.84. The Kier molecular flexibility index (Phi) is 3.67. The van der Waals surface area contributed by atoms with E-state index in [0.29, 0.717) is 17.6 Å². The minimum Gasteiger partial charge on any atom is -0.377 e. The first-order chi connectivity index (χ1) is 9.70. The van der Waals surface area contributed by atoms with Gasteiger partial charge in [-0.15, -0.1) is 0 Å². The summed E-state index contributed by atoms with van der Waals surface area (Å²) < 4.78 is 34.0. The number of aromatic nitrogens is 2. The lowest BCUT2D eigenvalue weighted by atomic mass is 10.1. The molecule has 6 heteroatoms. The maximum atomic E-state index is 13.5. The zero-order chi connectivity index (χ0) is 14.1. The Balaban J connectivity index is 2.14. The fraction of sp³-hybridized carbons (Fsp3) is 0.500. The maximum Gasteiger partial charge on any atom is 0.161 e. The topological polar surface area (TPSA) is 39.1 Å². The van der Waals surface area contributed by atoms with E-state index in [1.54, 1.807) is 7.11 Å². The van der Waals surface area contributed by atoms with Crippen molar-refractivity contribution in [2.24, 2.45) is 0 Å². The summed E-state index contributed by atoms with van der Waals surface area (Å²) in [5.41, 5.74) is 1.12. The second-order valence-corrected chi connectivity index (χ2v) is 5.07. The molecule has 1 aliphatic rings. The van der Waals surface area contributed by atoms with Crippen molar-refractivity contribution in [2.75, 3.05) is 20.2 Å². The molecule has 1 saturated heterocycles. The van der Waals surface area contributed by atoms with Crippen LogP contribution in [0, 0.1) is 11.6 Å². The van der Waals surface area contributed by atoms with Gasteiger partial charge in [0, 0.05) is 25.3 Å². The molecule has 0 radical (unpaired) electrons. The van der Waals surface area contributed by atoms with E-state index in [4.69, 9.17) is 4.74 Å². The van der Waals surface area contributed by atoms with Crippen molar-refractivity contribution < 1.29 is 13.5 Å². The van der Waals surface area contributed by atoms with Gasteiger partial charge in [-0.25, -0.2) is 13.8 Å².